The van der Waals surface area contributed by atoms with Crippen molar-refractivity contribution in [2.24, 2.45) is 5.14 Å². The lowest BCUT2D eigenvalue weighted by atomic mass is 10.3. The van der Waals surface area contributed by atoms with Crippen LogP contribution in [0.1, 0.15) is 0 Å². The molecule has 6 nitrogen and oxygen atoms in total. The Morgan fingerprint density at radius 2 is 1.73 bits per heavy atom. The summed E-state index contributed by atoms with van der Waals surface area (Å²) in [5, 5.41) is 26.4. The highest BCUT2D eigenvalue weighted by Crippen LogP contribution is 2.14. The Morgan fingerprint density at radius 3 is 2.00 bits per heavy atom. The highest BCUT2D eigenvalue weighted by atomic mass is 79.9. The van der Waals surface area contributed by atoms with Gasteiger partial charge in [-0.1, -0.05) is 22.0 Å². The van der Waals surface area contributed by atoms with E-state index >= 15 is 0 Å². The van der Waals surface area contributed by atoms with Gasteiger partial charge in [0.05, 0.1) is 4.90 Å². The molecule has 0 aliphatic heterocycles. The summed E-state index contributed by atoms with van der Waals surface area (Å²) < 4.78 is 22.2. The average molecular weight is 298 g/mol. The number of hydrogen-bond acceptors (Lipinski definition) is 5. The molecule has 0 bridgehead atoms. The summed E-state index contributed by atoms with van der Waals surface area (Å²) in [6, 6.07) is 6.24. The maximum Gasteiger partial charge on any atom is 0.631 e. The molecule has 0 aliphatic carbocycles. The zero-order chi connectivity index (χ0) is 12.1. The molecule has 0 saturated heterocycles. The number of nitrogens with two attached hydrogens (primary N) is 1. The summed E-state index contributed by atoms with van der Waals surface area (Å²) >= 11 is 3.13. The van der Waals surface area contributed by atoms with Crippen LogP contribution in [0, 0.1) is 0 Å². The quantitative estimate of drug-likeness (QED) is 0.498. The molecule has 0 atom stereocenters. The van der Waals surface area contributed by atoms with Crippen molar-refractivity contribution < 1.29 is 23.5 Å². The van der Waals surface area contributed by atoms with Gasteiger partial charge in [0.25, 0.3) is 0 Å². The fraction of sp³-hybridized carbons (Fsp3) is 0. The second kappa shape index (κ2) is 6.21. The maximum atomic E-state index is 10.7. The fourth-order valence-corrected chi connectivity index (χ4v) is 1.75. The van der Waals surface area contributed by atoms with Crippen molar-refractivity contribution >= 4 is 33.3 Å². The topological polar surface area (TPSA) is 121 Å². The number of hydrogen-bond donors (Lipinski definition) is 4. The van der Waals surface area contributed by atoms with Crippen molar-refractivity contribution in [1.82, 2.24) is 0 Å². The minimum Gasteiger partial charge on any atom is -0.402 e. The zero-order valence-electron chi connectivity index (χ0n) is 7.41. The van der Waals surface area contributed by atoms with Crippen LogP contribution < -0.4 is 5.14 Å². The monoisotopic (exact) mass is 297 g/mol. The van der Waals surface area contributed by atoms with Gasteiger partial charge in [-0.25, -0.2) is 13.6 Å². The first-order chi connectivity index (χ1) is 6.73. The minimum atomic E-state index is -3.56. The molecular formula is C6H9BBrNO5S. The minimum absolute atomic E-state index is 0.117. The number of rotatable bonds is 1. The van der Waals surface area contributed by atoms with Crippen LogP contribution in [0.5, 0.6) is 0 Å². The summed E-state index contributed by atoms with van der Waals surface area (Å²) in [7, 11) is -5.72. The second-order valence-corrected chi connectivity index (χ2v) is 4.83. The molecule has 0 spiro atoms. The molecule has 0 fully saturated rings. The van der Waals surface area contributed by atoms with Gasteiger partial charge in [-0.2, -0.15) is 0 Å². The Kier molecular flexibility index (Phi) is 6.02. The van der Waals surface area contributed by atoms with Crippen molar-refractivity contribution in [3.05, 3.63) is 28.7 Å². The fourth-order valence-electron chi connectivity index (χ4n) is 0.644. The Labute approximate surface area is 95.7 Å². The standard InChI is InChI=1S/C6H6BrNO2S.BH3O3/c7-5-2-1-3-6(4-5)11(8,9)10;2-1(3)4/h1-4H,(H2,8,9,10);2-4H. The van der Waals surface area contributed by atoms with Crippen molar-refractivity contribution in [1.29, 1.82) is 0 Å². The van der Waals surface area contributed by atoms with Gasteiger partial charge in [0.2, 0.25) is 10.0 Å². The van der Waals surface area contributed by atoms with Gasteiger partial charge >= 0.3 is 7.32 Å². The van der Waals surface area contributed by atoms with Crippen LogP contribution in [0.25, 0.3) is 0 Å². The predicted octanol–water partition coefficient (Wildman–Crippen LogP) is -0.955. The number of halogens is 1. The molecule has 0 aromatic heterocycles. The first kappa shape index (κ1) is 14.6. The molecule has 0 unspecified atom stereocenters. The summed E-state index contributed by atoms with van der Waals surface area (Å²) in [5.74, 6) is 0. The predicted molar refractivity (Wildman–Crippen MR) is 57.9 cm³/mol. The average Bonchev–Trinajstić information content (AvgIpc) is 2.01. The van der Waals surface area contributed by atoms with Crippen LogP contribution in [-0.2, 0) is 10.0 Å². The Bertz CT molecular complexity index is 407. The molecule has 0 radical (unpaired) electrons. The Morgan fingerprint density at radius 1 is 1.27 bits per heavy atom. The van der Waals surface area contributed by atoms with Crippen LogP contribution in [0.15, 0.2) is 33.6 Å². The van der Waals surface area contributed by atoms with E-state index < -0.39 is 17.3 Å². The molecule has 0 saturated carbocycles. The van der Waals surface area contributed by atoms with Crippen molar-refractivity contribution in [3.8, 4) is 0 Å². The molecule has 15 heavy (non-hydrogen) atoms. The SMILES string of the molecule is NS(=O)(=O)c1cccc(Br)c1.OB(O)O. The van der Waals surface area contributed by atoms with E-state index in [1.165, 1.54) is 12.1 Å². The largest absolute Gasteiger partial charge is 0.631 e. The molecule has 0 amide bonds. The summed E-state index contributed by atoms with van der Waals surface area (Å²) in [4.78, 5) is 0.117. The van der Waals surface area contributed by atoms with Gasteiger partial charge in [0, 0.05) is 4.47 Å². The highest BCUT2D eigenvalue weighted by Gasteiger charge is 2.05. The molecule has 0 aliphatic rings. The smallest absolute Gasteiger partial charge is 0.402 e. The van der Waals surface area contributed by atoms with Crippen LogP contribution in [0.2, 0.25) is 0 Å². The Hall–Kier alpha value is -0.445. The summed E-state index contributed by atoms with van der Waals surface area (Å²) in [6.45, 7) is 0. The Balaban J connectivity index is 0.000000423. The zero-order valence-corrected chi connectivity index (χ0v) is 9.81. The van der Waals surface area contributed by atoms with E-state index in [-0.39, 0.29) is 4.90 Å². The van der Waals surface area contributed by atoms with Gasteiger partial charge in [0.1, 0.15) is 0 Å². The van der Waals surface area contributed by atoms with Crippen LogP contribution in [0.3, 0.4) is 0 Å². The van der Waals surface area contributed by atoms with Crippen molar-refractivity contribution in [2.45, 2.75) is 4.90 Å². The van der Waals surface area contributed by atoms with Crippen LogP contribution >= 0.6 is 15.9 Å². The first-order valence-electron chi connectivity index (χ1n) is 3.56. The molecule has 84 valence electrons. The summed E-state index contributed by atoms with van der Waals surface area (Å²) in [5.41, 5.74) is 0. The maximum absolute atomic E-state index is 10.7. The number of benzene rings is 1. The van der Waals surface area contributed by atoms with Gasteiger partial charge in [-0.15, -0.1) is 0 Å². The second-order valence-electron chi connectivity index (χ2n) is 2.35. The molecule has 1 aromatic rings. The van der Waals surface area contributed by atoms with Crippen molar-refractivity contribution in [3.63, 3.8) is 0 Å². The van der Waals surface area contributed by atoms with E-state index in [4.69, 9.17) is 20.2 Å². The first-order valence-corrected chi connectivity index (χ1v) is 5.90. The van der Waals surface area contributed by atoms with E-state index in [1.807, 2.05) is 0 Å². The molecule has 9 heteroatoms. The van der Waals surface area contributed by atoms with Crippen molar-refractivity contribution in [2.75, 3.05) is 0 Å². The van der Waals surface area contributed by atoms with E-state index in [0.29, 0.717) is 4.47 Å². The lowest BCUT2D eigenvalue weighted by Gasteiger charge is -1.96. The van der Waals surface area contributed by atoms with Gasteiger partial charge < -0.3 is 15.1 Å². The van der Waals surface area contributed by atoms with Gasteiger partial charge in [0.15, 0.2) is 0 Å². The van der Waals surface area contributed by atoms with E-state index in [1.54, 1.807) is 12.1 Å². The van der Waals surface area contributed by atoms with E-state index in [9.17, 15) is 8.42 Å². The molecule has 1 rings (SSSR count). The molecule has 1 aromatic carbocycles. The van der Waals surface area contributed by atoms with Gasteiger partial charge in [-0.3, -0.25) is 0 Å². The van der Waals surface area contributed by atoms with Crippen LogP contribution in [0.4, 0.5) is 0 Å². The highest BCUT2D eigenvalue weighted by molar-refractivity contribution is 9.10. The number of primary sulfonamides is 1. The molecular weight excluding hydrogens is 289 g/mol. The summed E-state index contributed by atoms with van der Waals surface area (Å²) in [6.07, 6.45) is 0. The third kappa shape index (κ3) is 7.48. The third-order valence-electron chi connectivity index (χ3n) is 1.12. The van der Waals surface area contributed by atoms with E-state index in [2.05, 4.69) is 15.9 Å². The molecule has 0 heterocycles. The molecule has 5 N–H and O–H groups in total. The number of sulfonamides is 1. The lowest BCUT2D eigenvalue weighted by molar-refractivity contribution is 0.278. The normalized spacial score (nSPS) is 10.2. The van der Waals surface area contributed by atoms with E-state index in [0.717, 1.165) is 0 Å². The third-order valence-corrected chi connectivity index (χ3v) is 2.53. The van der Waals surface area contributed by atoms with Crippen LogP contribution in [-0.4, -0.2) is 30.8 Å². The van der Waals surface area contributed by atoms with Gasteiger partial charge in [-0.05, 0) is 18.2 Å². The lowest BCUT2D eigenvalue weighted by Crippen LogP contribution is -2.11.